The van der Waals surface area contributed by atoms with Gasteiger partial charge in [0.15, 0.2) is 11.3 Å². The number of ether oxygens (including phenoxy) is 1. The normalized spacial score (nSPS) is 18.9. The molecule has 0 radical (unpaired) electrons. The number of halogens is 1. The molecule has 31 heavy (non-hydrogen) atoms. The Kier molecular flexibility index (Phi) is 5.93. The van der Waals surface area contributed by atoms with Gasteiger partial charge in [-0.15, -0.1) is 0 Å². The van der Waals surface area contributed by atoms with E-state index in [9.17, 15) is 15.0 Å². The zero-order chi connectivity index (χ0) is 22.1. The molecule has 2 heterocycles. The maximum absolute atomic E-state index is 13.0. The molecule has 164 valence electrons. The zero-order valence-electron chi connectivity index (χ0n) is 17.3. The number of methoxy groups -OCH3 is 1. The number of nitrogens with one attached hydrogen (secondary N) is 1. The largest absolute Gasteiger partial charge is 0.508 e. The number of piperidine rings is 1. The van der Waals surface area contributed by atoms with Gasteiger partial charge in [0.25, 0.3) is 11.9 Å². The van der Waals surface area contributed by atoms with Crippen LogP contribution in [-0.2, 0) is 6.54 Å². The summed E-state index contributed by atoms with van der Waals surface area (Å²) in [5, 5.41) is 23.4. The summed E-state index contributed by atoms with van der Waals surface area (Å²) in [5.74, 6) is 0.394. The van der Waals surface area contributed by atoms with E-state index in [1.165, 1.54) is 13.2 Å². The standard InChI is InChI=1S/C22H24ClN3O5/c1-12-11-26(6-5-17(12)27)21(29)13-8-16-20(19(9-13)30-2)31-22(25-16)24-10-14-7-15(23)3-4-18(14)28/h3-4,7-9,12,17,27-28H,5-6,10-11H2,1-2H3,(H,24,25). The fraction of sp³-hybridized carbons (Fsp3) is 0.364. The molecule has 3 N–H and O–H groups in total. The highest BCUT2D eigenvalue weighted by molar-refractivity contribution is 6.30. The van der Waals surface area contributed by atoms with Crippen LogP contribution < -0.4 is 10.1 Å². The molecular formula is C22H24ClN3O5. The summed E-state index contributed by atoms with van der Waals surface area (Å²) in [5.41, 5.74) is 1.93. The maximum atomic E-state index is 13.0. The number of fused-ring (bicyclic) bond motifs is 1. The summed E-state index contributed by atoms with van der Waals surface area (Å²) >= 11 is 5.99. The number of hydrogen-bond acceptors (Lipinski definition) is 7. The number of aromatic nitrogens is 1. The van der Waals surface area contributed by atoms with Crippen molar-refractivity contribution in [3.05, 3.63) is 46.5 Å². The highest BCUT2D eigenvalue weighted by Crippen LogP contribution is 2.32. The Morgan fingerprint density at radius 1 is 1.39 bits per heavy atom. The van der Waals surface area contributed by atoms with Gasteiger partial charge in [0.05, 0.1) is 13.2 Å². The van der Waals surface area contributed by atoms with Crippen LogP contribution in [0.5, 0.6) is 11.5 Å². The number of phenolic OH excluding ortho intramolecular Hbond substituents is 1. The number of rotatable bonds is 5. The van der Waals surface area contributed by atoms with Gasteiger partial charge in [-0.3, -0.25) is 4.79 Å². The predicted octanol–water partition coefficient (Wildman–Crippen LogP) is 3.65. The smallest absolute Gasteiger partial charge is 0.296 e. The van der Waals surface area contributed by atoms with Crippen LogP contribution in [0, 0.1) is 5.92 Å². The van der Waals surface area contributed by atoms with E-state index in [0.717, 1.165) is 0 Å². The number of amides is 1. The van der Waals surface area contributed by atoms with Crippen molar-refractivity contribution in [2.45, 2.75) is 26.0 Å². The molecule has 0 aliphatic carbocycles. The second-order valence-corrected chi connectivity index (χ2v) is 8.19. The number of likely N-dealkylation sites (tertiary alicyclic amines) is 1. The number of oxazole rings is 1. The molecule has 0 spiro atoms. The zero-order valence-corrected chi connectivity index (χ0v) is 18.0. The molecule has 2 atom stereocenters. The molecular weight excluding hydrogens is 422 g/mol. The van der Waals surface area contributed by atoms with Gasteiger partial charge < -0.3 is 29.6 Å². The molecule has 3 aromatic rings. The first kappa shape index (κ1) is 21.3. The Labute approximate surface area is 184 Å². The van der Waals surface area contributed by atoms with Crippen molar-refractivity contribution in [2.75, 3.05) is 25.5 Å². The van der Waals surface area contributed by atoms with E-state index in [2.05, 4.69) is 10.3 Å². The fourth-order valence-corrected chi connectivity index (χ4v) is 3.91. The van der Waals surface area contributed by atoms with Crippen molar-refractivity contribution in [3.8, 4) is 11.5 Å². The summed E-state index contributed by atoms with van der Waals surface area (Å²) in [7, 11) is 1.50. The quantitative estimate of drug-likeness (QED) is 0.550. The van der Waals surface area contributed by atoms with Crippen LogP contribution in [-0.4, -0.2) is 52.3 Å². The second-order valence-electron chi connectivity index (χ2n) is 7.76. The van der Waals surface area contributed by atoms with Crippen LogP contribution in [0.3, 0.4) is 0 Å². The molecule has 1 amide bonds. The molecule has 0 bridgehead atoms. The molecule has 1 fully saturated rings. The summed E-state index contributed by atoms with van der Waals surface area (Å²) < 4.78 is 11.2. The topological polar surface area (TPSA) is 108 Å². The predicted molar refractivity (Wildman–Crippen MR) is 117 cm³/mol. The first-order valence-electron chi connectivity index (χ1n) is 10.0. The van der Waals surface area contributed by atoms with Gasteiger partial charge in [0.2, 0.25) is 0 Å². The number of hydrogen-bond donors (Lipinski definition) is 3. The van der Waals surface area contributed by atoms with Gasteiger partial charge in [-0.2, -0.15) is 4.98 Å². The van der Waals surface area contributed by atoms with Crippen LogP contribution >= 0.6 is 11.6 Å². The van der Waals surface area contributed by atoms with Crippen molar-refractivity contribution >= 4 is 34.6 Å². The number of anilines is 1. The first-order chi connectivity index (χ1) is 14.9. The number of carbonyl (C=O) groups is 1. The van der Waals surface area contributed by atoms with Gasteiger partial charge in [0.1, 0.15) is 11.3 Å². The van der Waals surface area contributed by atoms with E-state index in [-0.39, 0.29) is 36.2 Å². The number of aliphatic hydroxyl groups excluding tert-OH is 1. The fourth-order valence-electron chi connectivity index (χ4n) is 3.72. The SMILES string of the molecule is COc1cc(C(=O)N2CCC(O)C(C)C2)cc2nc(NCc3cc(Cl)ccc3O)oc12. The summed E-state index contributed by atoms with van der Waals surface area (Å²) in [6, 6.07) is 8.31. The molecule has 2 aromatic carbocycles. The minimum absolute atomic E-state index is 0.0223. The van der Waals surface area contributed by atoms with E-state index in [0.29, 0.717) is 52.5 Å². The molecule has 1 aliphatic rings. The number of benzene rings is 2. The third kappa shape index (κ3) is 4.40. The monoisotopic (exact) mass is 445 g/mol. The third-order valence-electron chi connectivity index (χ3n) is 5.54. The summed E-state index contributed by atoms with van der Waals surface area (Å²) in [4.78, 5) is 19.2. The van der Waals surface area contributed by atoms with Gasteiger partial charge in [-0.25, -0.2) is 0 Å². The van der Waals surface area contributed by atoms with E-state index >= 15 is 0 Å². The molecule has 1 aliphatic heterocycles. The summed E-state index contributed by atoms with van der Waals surface area (Å²) in [6.45, 7) is 3.18. The molecule has 9 heteroatoms. The van der Waals surface area contributed by atoms with Gasteiger partial charge in [0, 0.05) is 35.8 Å². The van der Waals surface area contributed by atoms with Crippen LogP contribution in [0.4, 0.5) is 6.01 Å². The van der Waals surface area contributed by atoms with Gasteiger partial charge in [-0.1, -0.05) is 18.5 Å². The Morgan fingerprint density at radius 2 is 2.19 bits per heavy atom. The lowest BCUT2D eigenvalue weighted by Gasteiger charge is -2.34. The highest BCUT2D eigenvalue weighted by Gasteiger charge is 2.28. The Bertz CT molecular complexity index is 1120. The van der Waals surface area contributed by atoms with Crippen LogP contribution in [0.15, 0.2) is 34.7 Å². The van der Waals surface area contributed by atoms with Crippen LogP contribution in [0.2, 0.25) is 5.02 Å². The number of carbonyl (C=O) groups excluding carboxylic acids is 1. The van der Waals surface area contributed by atoms with Crippen LogP contribution in [0.25, 0.3) is 11.1 Å². The molecule has 1 aromatic heterocycles. The number of aromatic hydroxyl groups is 1. The van der Waals surface area contributed by atoms with Crippen molar-refractivity contribution in [3.63, 3.8) is 0 Å². The number of nitrogens with zero attached hydrogens (tertiary/aromatic N) is 2. The lowest BCUT2D eigenvalue weighted by atomic mass is 9.96. The first-order valence-corrected chi connectivity index (χ1v) is 10.4. The lowest BCUT2D eigenvalue weighted by Crippen LogP contribution is -2.44. The minimum Gasteiger partial charge on any atom is -0.508 e. The Morgan fingerprint density at radius 3 is 2.94 bits per heavy atom. The van der Waals surface area contributed by atoms with Crippen molar-refractivity contribution in [1.29, 1.82) is 0 Å². The number of phenols is 1. The van der Waals surface area contributed by atoms with E-state index in [1.54, 1.807) is 29.2 Å². The Hall–Kier alpha value is -2.97. The second kappa shape index (κ2) is 8.64. The molecule has 8 nitrogen and oxygen atoms in total. The average molecular weight is 446 g/mol. The van der Waals surface area contributed by atoms with Gasteiger partial charge >= 0.3 is 0 Å². The summed E-state index contributed by atoms with van der Waals surface area (Å²) in [6.07, 6.45) is 0.171. The number of aliphatic hydroxyl groups is 1. The minimum atomic E-state index is -0.385. The van der Waals surface area contributed by atoms with Crippen molar-refractivity contribution in [2.24, 2.45) is 5.92 Å². The molecule has 1 saturated heterocycles. The lowest BCUT2D eigenvalue weighted by molar-refractivity contribution is 0.0297. The molecule has 0 saturated carbocycles. The van der Waals surface area contributed by atoms with Crippen molar-refractivity contribution < 1.29 is 24.2 Å². The van der Waals surface area contributed by atoms with E-state index in [4.69, 9.17) is 20.8 Å². The highest BCUT2D eigenvalue weighted by atomic mass is 35.5. The maximum Gasteiger partial charge on any atom is 0.296 e. The van der Waals surface area contributed by atoms with E-state index < -0.39 is 0 Å². The Balaban J connectivity index is 1.57. The molecule has 2 unspecified atom stereocenters. The van der Waals surface area contributed by atoms with Crippen LogP contribution in [0.1, 0.15) is 29.3 Å². The third-order valence-corrected chi connectivity index (χ3v) is 5.78. The van der Waals surface area contributed by atoms with E-state index in [1.807, 2.05) is 6.92 Å². The van der Waals surface area contributed by atoms with Crippen molar-refractivity contribution in [1.82, 2.24) is 9.88 Å². The van der Waals surface area contributed by atoms with Gasteiger partial charge in [-0.05, 0) is 42.7 Å². The average Bonchev–Trinajstić information content (AvgIpc) is 3.18. The molecule has 4 rings (SSSR count).